The first-order valence-corrected chi connectivity index (χ1v) is 7.41. The summed E-state index contributed by atoms with van der Waals surface area (Å²) >= 11 is 0. The van der Waals surface area contributed by atoms with Crippen LogP contribution >= 0.6 is 0 Å². The Labute approximate surface area is 127 Å². The van der Waals surface area contributed by atoms with Gasteiger partial charge in [-0.3, -0.25) is 0 Å². The van der Waals surface area contributed by atoms with Crippen LogP contribution in [-0.4, -0.2) is 26.3 Å². The maximum Gasteiger partial charge on any atom is 0.337 e. The third kappa shape index (κ3) is 5.66. The third-order valence-electron chi connectivity index (χ3n) is 3.31. The van der Waals surface area contributed by atoms with E-state index in [2.05, 4.69) is 13.8 Å². The van der Waals surface area contributed by atoms with Gasteiger partial charge in [0.25, 0.3) is 0 Å². The Morgan fingerprint density at radius 1 is 1.10 bits per heavy atom. The van der Waals surface area contributed by atoms with Crippen molar-refractivity contribution in [1.82, 2.24) is 0 Å². The number of ether oxygens (including phenoxy) is 3. The number of hydrogen-bond donors (Lipinski definition) is 0. The summed E-state index contributed by atoms with van der Waals surface area (Å²) in [6.45, 7) is 6.49. The smallest absolute Gasteiger partial charge is 0.337 e. The molecule has 0 bridgehead atoms. The predicted octanol–water partition coefficient (Wildman–Crippen LogP) is 4.08. The number of carbonyl (C=O) groups is 1. The molecule has 0 fully saturated rings. The standard InChI is InChI=1S/C17H26O4/c1-12(2)7-6-8-13(3)21-15-10-9-14(17(18)20-5)11-16(15)19-4/h9-13H,6-8H2,1-5H3. The Morgan fingerprint density at radius 3 is 2.38 bits per heavy atom. The van der Waals surface area contributed by atoms with Crippen LogP contribution in [0.1, 0.15) is 50.4 Å². The number of hydrogen-bond acceptors (Lipinski definition) is 4. The lowest BCUT2D eigenvalue weighted by Gasteiger charge is -2.17. The Balaban J connectivity index is 2.67. The van der Waals surface area contributed by atoms with E-state index in [1.165, 1.54) is 13.5 Å². The Morgan fingerprint density at radius 2 is 1.81 bits per heavy atom. The molecule has 1 aromatic rings. The van der Waals surface area contributed by atoms with E-state index >= 15 is 0 Å². The van der Waals surface area contributed by atoms with Gasteiger partial charge in [-0.2, -0.15) is 0 Å². The summed E-state index contributed by atoms with van der Waals surface area (Å²) in [5, 5.41) is 0. The molecule has 0 aliphatic heterocycles. The molecule has 0 amide bonds. The SMILES string of the molecule is COC(=O)c1ccc(OC(C)CCCC(C)C)c(OC)c1. The van der Waals surface area contributed by atoms with Gasteiger partial charge in [0.15, 0.2) is 11.5 Å². The van der Waals surface area contributed by atoms with Crippen LogP contribution in [0.25, 0.3) is 0 Å². The molecule has 21 heavy (non-hydrogen) atoms. The molecule has 0 aliphatic carbocycles. The Hall–Kier alpha value is -1.71. The van der Waals surface area contributed by atoms with Gasteiger partial charge in [-0.15, -0.1) is 0 Å². The van der Waals surface area contributed by atoms with E-state index in [-0.39, 0.29) is 12.1 Å². The van der Waals surface area contributed by atoms with Gasteiger partial charge in [-0.05, 0) is 43.9 Å². The van der Waals surface area contributed by atoms with E-state index in [0.717, 1.165) is 12.8 Å². The van der Waals surface area contributed by atoms with Gasteiger partial charge in [0.1, 0.15) is 0 Å². The van der Waals surface area contributed by atoms with E-state index < -0.39 is 0 Å². The van der Waals surface area contributed by atoms with Gasteiger partial charge < -0.3 is 14.2 Å². The first-order chi connectivity index (χ1) is 9.97. The number of methoxy groups -OCH3 is 2. The molecule has 1 aromatic carbocycles. The zero-order chi connectivity index (χ0) is 15.8. The second-order valence-corrected chi connectivity index (χ2v) is 5.61. The summed E-state index contributed by atoms with van der Waals surface area (Å²) in [6.07, 6.45) is 3.45. The molecule has 0 aromatic heterocycles. The Bertz CT molecular complexity index is 454. The van der Waals surface area contributed by atoms with Gasteiger partial charge in [-0.25, -0.2) is 4.79 Å². The van der Waals surface area contributed by atoms with E-state index in [1.54, 1.807) is 25.3 Å². The molecule has 1 rings (SSSR count). The highest BCUT2D eigenvalue weighted by atomic mass is 16.5. The minimum absolute atomic E-state index is 0.113. The van der Waals surface area contributed by atoms with E-state index in [4.69, 9.17) is 14.2 Å². The van der Waals surface area contributed by atoms with E-state index in [0.29, 0.717) is 23.0 Å². The molecule has 0 N–H and O–H groups in total. The number of esters is 1. The second kappa shape index (κ2) is 8.55. The lowest BCUT2D eigenvalue weighted by Crippen LogP contribution is -2.13. The minimum Gasteiger partial charge on any atom is -0.493 e. The monoisotopic (exact) mass is 294 g/mol. The van der Waals surface area contributed by atoms with Crippen LogP contribution in [0.3, 0.4) is 0 Å². The van der Waals surface area contributed by atoms with Crippen LogP contribution < -0.4 is 9.47 Å². The molecule has 0 heterocycles. The van der Waals surface area contributed by atoms with Crippen molar-refractivity contribution in [2.45, 2.75) is 46.1 Å². The average molecular weight is 294 g/mol. The van der Waals surface area contributed by atoms with Crippen LogP contribution in [0.4, 0.5) is 0 Å². The predicted molar refractivity (Wildman–Crippen MR) is 83.1 cm³/mol. The summed E-state index contributed by atoms with van der Waals surface area (Å²) in [6, 6.07) is 5.08. The van der Waals surface area contributed by atoms with Gasteiger partial charge >= 0.3 is 5.97 Å². The quantitative estimate of drug-likeness (QED) is 0.678. The lowest BCUT2D eigenvalue weighted by molar-refractivity contribution is 0.0600. The molecule has 4 heteroatoms. The summed E-state index contributed by atoms with van der Waals surface area (Å²) in [5.74, 6) is 1.53. The minimum atomic E-state index is -0.384. The zero-order valence-electron chi connectivity index (χ0n) is 13.6. The van der Waals surface area contributed by atoms with Crippen molar-refractivity contribution in [3.05, 3.63) is 23.8 Å². The highest BCUT2D eigenvalue weighted by Gasteiger charge is 2.13. The van der Waals surface area contributed by atoms with Crippen molar-refractivity contribution >= 4 is 5.97 Å². The first-order valence-electron chi connectivity index (χ1n) is 7.41. The Kier molecular flexibility index (Phi) is 7.06. The maximum atomic E-state index is 11.5. The van der Waals surface area contributed by atoms with Crippen LogP contribution in [0.5, 0.6) is 11.5 Å². The largest absolute Gasteiger partial charge is 0.493 e. The second-order valence-electron chi connectivity index (χ2n) is 5.61. The van der Waals surface area contributed by atoms with E-state index in [1.807, 2.05) is 6.92 Å². The van der Waals surface area contributed by atoms with Crippen molar-refractivity contribution in [2.75, 3.05) is 14.2 Å². The zero-order valence-corrected chi connectivity index (χ0v) is 13.6. The molecule has 0 radical (unpaired) electrons. The third-order valence-corrected chi connectivity index (χ3v) is 3.31. The highest BCUT2D eigenvalue weighted by Crippen LogP contribution is 2.30. The fourth-order valence-electron chi connectivity index (χ4n) is 2.10. The summed E-state index contributed by atoms with van der Waals surface area (Å²) in [4.78, 5) is 11.5. The van der Waals surface area contributed by atoms with Crippen molar-refractivity contribution in [3.63, 3.8) is 0 Å². The molecule has 0 saturated heterocycles. The summed E-state index contributed by atoms with van der Waals surface area (Å²) in [7, 11) is 2.92. The van der Waals surface area contributed by atoms with Gasteiger partial charge in [0.05, 0.1) is 25.9 Å². The molecule has 118 valence electrons. The van der Waals surface area contributed by atoms with Gasteiger partial charge in [0.2, 0.25) is 0 Å². The van der Waals surface area contributed by atoms with Crippen molar-refractivity contribution in [3.8, 4) is 11.5 Å². The first kappa shape index (κ1) is 17.3. The molecule has 1 atom stereocenters. The molecular weight excluding hydrogens is 268 g/mol. The molecule has 0 aliphatic rings. The highest BCUT2D eigenvalue weighted by molar-refractivity contribution is 5.90. The summed E-state index contributed by atoms with van der Waals surface area (Å²) in [5.41, 5.74) is 0.453. The van der Waals surface area contributed by atoms with Crippen LogP contribution in [0.2, 0.25) is 0 Å². The maximum absolute atomic E-state index is 11.5. The van der Waals surface area contributed by atoms with E-state index in [9.17, 15) is 4.79 Å². The summed E-state index contributed by atoms with van der Waals surface area (Å²) < 4.78 is 15.9. The van der Waals surface area contributed by atoms with Crippen molar-refractivity contribution in [2.24, 2.45) is 5.92 Å². The fraction of sp³-hybridized carbons (Fsp3) is 0.588. The van der Waals surface area contributed by atoms with Crippen molar-refractivity contribution < 1.29 is 19.0 Å². The van der Waals surface area contributed by atoms with Gasteiger partial charge in [-0.1, -0.05) is 20.3 Å². The van der Waals surface area contributed by atoms with Crippen molar-refractivity contribution in [1.29, 1.82) is 0 Å². The van der Waals surface area contributed by atoms with Gasteiger partial charge in [0, 0.05) is 0 Å². The normalized spacial score (nSPS) is 12.1. The topological polar surface area (TPSA) is 44.8 Å². The molecule has 0 spiro atoms. The average Bonchev–Trinajstić information content (AvgIpc) is 2.46. The lowest BCUT2D eigenvalue weighted by atomic mass is 10.0. The molecule has 1 unspecified atom stereocenters. The molecule has 0 saturated carbocycles. The van der Waals surface area contributed by atoms with Crippen LogP contribution in [-0.2, 0) is 4.74 Å². The number of carbonyl (C=O) groups excluding carboxylic acids is 1. The fourth-order valence-corrected chi connectivity index (χ4v) is 2.10. The number of benzene rings is 1. The molecule has 4 nitrogen and oxygen atoms in total. The van der Waals surface area contributed by atoms with Crippen LogP contribution in [0, 0.1) is 5.92 Å². The number of rotatable bonds is 8. The molecular formula is C17H26O4. The van der Waals surface area contributed by atoms with Crippen LogP contribution in [0.15, 0.2) is 18.2 Å².